The fourth-order valence-electron chi connectivity index (χ4n) is 1.51. The van der Waals surface area contributed by atoms with Crippen molar-refractivity contribution in [2.24, 2.45) is 0 Å². The highest BCUT2D eigenvalue weighted by Gasteiger charge is 2.14. The molecule has 3 nitrogen and oxygen atoms in total. The first kappa shape index (κ1) is 13.2. The fourth-order valence-corrected chi connectivity index (χ4v) is 1.51. The van der Waals surface area contributed by atoms with Crippen LogP contribution >= 0.6 is 0 Å². The normalized spacial score (nSPS) is 10.5. The Kier molecular flexibility index (Phi) is 5.14. The van der Waals surface area contributed by atoms with Gasteiger partial charge in [0.25, 0.3) is 0 Å². The van der Waals surface area contributed by atoms with Gasteiger partial charge < -0.3 is 4.74 Å². The molecule has 0 radical (unpaired) electrons. The molecule has 0 spiro atoms. The van der Waals surface area contributed by atoms with E-state index in [0.717, 1.165) is 5.56 Å². The van der Waals surface area contributed by atoms with Crippen LogP contribution in [0.1, 0.15) is 36.2 Å². The molecule has 0 aromatic heterocycles. The zero-order chi connectivity index (χ0) is 12.7. The van der Waals surface area contributed by atoms with E-state index in [-0.39, 0.29) is 12.2 Å². The van der Waals surface area contributed by atoms with E-state index < -0.39 is 5.97 Å². The Balaban J connectivity index is 2.85. The second kappa shape index (κ2) is 6.63. The van der Waals surface area contributed by atoms with Gasteiger partial charge in [-0.3, -0.25) is 9.59 Å². The van der Waals surface area contributed by atoms with Crippen LogP contribution in [0.25, 0.3) is 6.08 Å². The molecule has 1 aromatic rings. The molecule has 0 aliphatic rings. The summed E-state index contributed by atoms with van der Waals surface area (Å²) in [6.45, 7) is 3.89. The molecule has 90 valence electrons. The van der Waals surface area contributed by atoms with Crippen molar-refractivity contribution in [2.75, 3.05) is 6.61 Å². The van der Waals surface area contributed by atoms with Gasteiger partial charge in [0.1, 0.15) is 6.42 Å². The Hall–Kier alpha value is -1.90. The Bertz CT molecular complexity index is 433. The first-order valence-corrected chi connectivity index (χ1v) is 5.59. The molecule has 0 fully saturated rings. The average Bonchev–Trinajstić information content (AvgIpc) is 2.30. The number of carbonyl (C=O) groups is 2. The SMILES string of the molecule is C/C=C/c1ccccc1C(=O)CC(=O)OCC. The van der Waals surface area contributed by atoms with Crippen LogP contribution in [0.15, 0.2) is 30.3 Å². The number of esters is 1. The molecule has 0 N–H and O–H groups in total. The van der Waals surface area contributed by atoms with Gasteiger partial charge in [-0.15, -0.1) is 0 Å². The maximum atomic E-state index is 11.9. The molecule has 0 aliphatic carbocycles. The van der Waals surface area contributed by atoms with E-state index in [2.05, 4.69) is 0 Å². The van der Waals surface area contributed by atoms with Crippen molar-refractivity contribution in [3.63, 3.8) is 0 Å². The van der Waals surface area contributed by atoms with Crippen LogP contribution in [0.4, 0.5) is 0 Å². The summed E-state index contributed by atoms with van der Waals surface area (Å²) in [7, 11) is 0. The highest BCUT2D eigenvalue weighted by Crippen LogP contribution is 2.13. The monoisotopic (exact) mass is 232 g/mol. The number of benzene rings is 1. The zero-order valence-electron chi connectivity index (χ0n) is 10.1. The first-order valence-electron chi connectivity index (χ1n) is 5.59. The van der Waals surface area contributed by atoms with Gasteiger partial charge in [0.2, 0.25) is 0 Å². The van der Waals surface area contributed by atoms with Crippen LogP contribution in [0.2, 0.25) is 0 Å². The lowest BCUT2D eigenvalue weighted by molar-refractivity contribution is -0.141. The molecule has 0 atom stereocenters. The van der Waals surface area contributed by atoms with E-state index in [4.69, 9.17) is 4.74 Å². The Morgan fingerprint density at radius 2 is 2.00 bits per heavy atom. The standard InChI is InChI=1S/C14H16O3/c1-3-7-11-8-5-6-9-12(11)13(15)10-14(16)17-4-2/h3,5-9H,4,10H2,1-2H3/b7-3+. The molecular formula is C14H16O3. The predicted octanol–water partition coefficient (Wildman–Crippen LogP) is 2.86. The van der Waals surface area contributed by atoms with Crippen molar-refractivity contribution in [3.05, 3.63) is 41.5 Å². The third-order valence-corrected chi connectivity index (χ3v) is 2.22. The van der Waals surface area contributed by atoms with Crippen LogP contribution in [-0.4, -0.2) is 18.4 Å². The Labute approximate surface area is 101 Å². The molecule has 0 saturated heterocycles. The summed E-state index contributed by atoms with van der Waals surface area (Å²) in [6, 6.07) is 7.21. The maximum absolute atomic E-state index is 11.9. The number of hydrogen-bond acceptors (Lipinski definition) is 3. The third-order valence-electron chi connectivity index (χ3n) is 2.22. The summed E-state index contributed by atoms with van der Waals surface area (Å²) in [6.07, 6.45) is 3.50. The second-order valence-electron chi connectivity index (χ2n) is 3.49. The van der Waals surface area contributed by atoms with Crippen LogP contribution in [0.5, 0.6) is 0 Å². The number of ketones is 1. The van der Waals surface area contributed by atoms with Crippen LogP contribution < -0.4 is 0 Å². The molecule has 0 bridgehead atoms. The number of rotatable bonds is 5. The Morgan fingerprint density at radius 1 is 1.29 bits per heavy atom. The summed E-state index contributed by atoms with van der Waals surface area (Å²) < 4.78 is 4.76. The topological polar surface area (TPSA) is 43.4 Å². The predicted molar refractivity (Wildman–Crippen MR) is 66.7 cm³/mol. The largest absolute Gasteiger partial charge is 0.466 e. The lowest BCUT2D eigenvalue weighted by Gasteiger charge is -2.04. The number of Topliss-reactive ketones (excluding diaryl/α,β-unsaturated/α-hetero) is 1. The Morgan fingerprint density at radius 3 is 2.65 bits per heavy atom. The van der Waals surface area contributed by atoms with E-state index in [9.17, 15) is 9.59 Å². The molecule has 3 heteroatoms. The summed E-state index contributed by atoms with van der Waals surface area (Å²) in [5.74, 6) is -0.690. The van der Waals surface area contributed by atoms with Gasteiger partial charge in [-0.1, -0.05) is 36.4 Å². The second-order valence-corrected chi connectivity index (χ2v) is 3.49. The molecule has 0 saturated carbocycles. The highest BCUT2D eigenvalue weighted by molar-refractivity contribution is 6.07. The minimum absolute atomic E-state index is 0.206. The third kappa shape index (κ3) is 3.87. The van der Waals surface area contributed by atoms with Gasteiger partial charge in [-0.05, 0) is 19.4 Å². The molecule has 0 amide bonds. The zero-order valence-corrected chi connectivity index (χ0v) is 10.1. The van der Waals surface area contributed by atoms with Gasteiger partial charge in [-0.25, -0.2) is 0 Å². The summed E-state index contributed by atoms with van der Waals surface area (Å²) in [4.78, 5) is 23.1. The van der Waals surface area contributed by atoms with E-state index in [1.165, 1.54) is 0 Å². The van der Waals surface area contributed by atoms with Crippen molar-refractivity contribution in [1.29, 1.82) is 0 Å². The number of allylic oxidation sites excluding steroid dienone is 1. The van der Waals surface area contributed by atoms with E-state index in [0.29, 0.717) is 12.2 Å². The minimum Gasteiger partial charge on any atom is -0.466 e. The van der Waals surface area contributed by atoms with E-state index in [1.807, 2.05) is 31.2 Å². The minimum atomic E-state index is -0.479. The van der Waals surface area contributed by atoms with Crippen molar-refractivity contribution in [2.45, 2.75) is 20.3 Å². The fraction of sp³-hybridized carbons (Fsp3) is 0.286. The van der Waals surface area contributed by atoms with E-state index >= 15 is 0 Å². The number of hydrogen-bond donors (Lipinski definition) is 0. The van der Waals surface area contributed by atoms with Gasteiger partial charge in [0.05, 0.1) is 6.61 Å². The van der Waals surface area contributed by atoms with E-state index in [1.54, 1.807) is 19.1 Å². The maximum Gasteiger partial charge on any atom is 0.313 e. The number of carbonyl (C=O) groups excluding carboxylic acids is 2. The van der Waals surface area contributed by atoms with Crippen molar-refractivity contribution in [1.82, 2.24) is 0 Å². The lowest BCUT2D eigenvalue weighted by Crippen LogP contribution is -2.12. The van der Waals surface area contributed by atoms with Crippen LogP contribution in [0, 0.1) is 0 Å². The molecule has 0 aliphatic heterocycles. The average molecular weight is 232 g/mol. The quantitative estimate of drug-likeness (QED) is 0.445. The molecular weight excluding hydrogens is 216 g/mol. The van der Waals surface area contributed by atoms with Crippen LogP contribution in [-0.2, 0) is 9.53 Å². The first-order chi connectivity index (χ1) is 8.19. The summed E-state index contributed by atoms with van der Waals surface area (Å²) in [5, 5.41) is 0. The summed E-state index contributed by atoms with van der Waals surface area (Å²) in [5.41, 5.74) is 1.38. The van der Waals surface area contributed by atoms with Gasteiger partial charge in [0, 0.05) is 5.56 Å². The highest BCUT2D eigenvalue weighted by atomic mass is 16.5. The van der Waals surface area contributed by atoms with Gasteiger partial charge in [-0.2, -0.15) is 0 Å². The van der Waals surface area contributed by atoms with Crippen molar-refractivity contribution >= 4 is 17.8 Å². The van der Waals surface area contributed by atoms with Crippen LogP contribution in [0.3, 0.4) is 0 Å². The van der Waals surface area contributed by atoms with Gasteiger partial charge in [0.15, 0.2) is 5.78 Å². The molecule has 17 heavy (non-hydrogen) atoms. The number of ether oxygens (including phenoxy) is 1. The van der Waals surface area contributed by atoms with Crippen molar-refractivity contribution < 1.29 is 14.3 Å². The van der Waals surface area contributed by atoms with Crippen molar-refractivity contribution in [3.8, 4) is 0 Å². The molecule has 1 rings (SSSR count). The smallest absolute Gasteiger partial charge is 0.313 e. The molecule has 1 aromatic carbocycles. The van der Waals surface area contributed by atoms with Gasteiger partial charge >= 0.3 is 5.97 Å². The lowest BCUT2D eigenvalue weighted by atomic mass is 10.0. The molecule has 0 unspecified atom stereocenters. The molecule has 0 heterocycles. The summed E-state index contributed by atoms with van der Waals surface area (Å²) >= 11 is 0.